The van der Waals surface area contributed by atoms with Crippen molar-refractivity contribution in [3.8, 4) is 12.0 Å². The van der Waals surface area contributed by atoms with E-state index in [1.165, 1.54) is 28.1 Å². The van der Waals surface area contributed by atoms with Crippen LogP contribution in [0.4, 0.5) is 11.4 Å². The quantitative estimate of drug-likeness (QED) is 0.455. The molecule has 0 aromatic heterocycles. The summed E-state index contributed by atoms with van der Waals surface area (Å²) in [6, 6.07) is 41.8. The largest absolute Gasteiger partial charge is 0.193 e. The Labute approximate surface area is 165 Å². The zero-order chi connectivity index (χ0) is 18.8. The molecule has 28 heavy (non-hydrogen) atoms. The molecule has 1 aliphatic rings. The van der Waals surface area contributed by atoms with Crippen LogP contribution >= 0.6 is 0 Å². The first-order valence-corrected chi connectivity index (χ1v) is 9.59. The van der Waals surface area contributed by atoms with E-state index in [1.807, 2.05) is 18.2 Å². The van der Waals surface area contributed by atoms with Crippen LogP contribution in [-0.2, 0) is 0 Å². The van der Waals surface area contributed by atoms with Crippen molar-refractivity contribution >= 4 is 11.4 Å². The molecule has 4 aromatic carbocycles. The summed E-state index contributed by atoms with van der Waals surface area (Å²) in [6.07, 6.45) is 0. The van der Waals surface area contributed by atoms with Gasteiger partial charge in [-0.2, -0.15) is 4.90 Å². The van der Waals surface area contributed by atoms with Gasteiger partial charge >= 0.3 is 0 Å². The van der Waals surface area contributed by atoms with E-state index in [9.17, 15) is 0 Å². The van der Waals surface area contributed by atoms with Crippen LogP contribution in [-0.4, -0.2) is 0 Å². The summed E-state index contributed by atoms with van der Waals surface area (Å²) in [5.41, 5.74) is 7.47. The van der Waals surface area contributed by atoms with Gasteiger partial charge in [-0.25, -0.2) is 0 Å². The van der Waals surface area contributed by atoms with Crippen LogP contribution in [0.5, 0.6) is 0 Å². The highest BCUT2D eigenvalue weighted by atomic mass is 15.1. The van der Waals surface area contributed by atoms with Gasteiger partial charge in [0.1, 0.15) is 0 Å². The van der Waals surface area contributed by atoms with Crippen LogP contribution in [0, 0.1) is 12.0 Å². The number of para-hydroxylation sites is 2. The molecule has 0 aliphatic carbocycles. The fraction of sp³-hybridized carbons (Fsp3) is 0.0370. The van der Waals surface area contributed by atoms with Gasteiger partial charge in [0.25, 0.3) is 0 Å². The smallest absolute Gasteiger partial charge is 0.153 e. The second-order valence-electron chi connectivity index (χ2n) is 7.01. The van der Waals surface area contributed by atoms with E-state index >= 15 is 0 Å². The number of benzene rings is 4. The van der Waals surface area contributed by atoms with E-state index in [0.29, 0.717) is 0 Å². The third-order valence-electron chi connectivity index (χ3n) is 5.32. The van der Waals surface area contributed by atoms with E-state index in [0.717, 1.165) is 10.5 Å². The molecule has 4 aromatic rings. The van der Waals surface area contributed by atoms with Gasteiger partial charge in [-0.3, -0.25) is 0 Å². The number of quaternary nitrogens is 1. The molecule has 0 radical (unpaired) electrons. The first kappa shape index (κ1) is 16.6. The first-order valence-electron chi connectivity index (χ1n) is 9.59. The van der Waals surface area contributed by atoms with E-state index in [4.69, 9.17) is 0 Å². The molecule has 0 spiro atoms. The molecule has 0 unspecified atom stereocenters. The Kier molecular flexibility index (Phi) is 4.26. The molecule has 1 heteroatoms. The van der Waals surface area contributed by atoms with Crippen molar-refractivity contribution in [1.29, 1.82) is 0 Å². The van der Waals surface area contributed by atoms with Gasteiger partial charge in [-0.15, -0.1) is 0 Å². The first-order chi connectivity index (χ1) is 13.9. The lowest BCUT2D eigenvalue weighted by Crippen LogP contribution is -2.99. The van der Waals surface area contributed by atoms with Crippen LogP contribution in [0.1, 0.15) is 28.2 Å². The molecule has 0 atom stereocenters. The summed E-state index contributed by atoms with van der Waals surface area (Å²) in [5, 5.41) is 0. The lowest BCUT2D eigenvalue weighted by molar-refractivity contribution is -0.679. The Morgan fingerprint density at radius 2 is 1.04 bits per heavy atom. The van der Waals surface area contributed by atoms with Crippen LogP contribution in [0.25, 0.3) is 0 Å². The number of hydrogen-bond donors (Lipinski definition) is 1. The minimum absolute atomic E-state index is 0.232. The standard InChI is InChI=1S/C27H19N/c1-3-11-21(12-4-1)19-20-28-25-17-9-7-15-23(25)27(22-13-5-2-6-14-22)24-16-8-10-18-26(24)28/h1-18,27H/p+1. The van der Waals surface area contributed by atoms with Crippen molar-refractivity contribution in [1.82, 2.24) is 0 Å². The number of fused-ring (bicyclic) bond motifs is 2. The summed E-state index contributed by atoms with van der Waals surface area (Å²) >= 11 is 0. The lowest BCUT2D eigenvalue weighted by atomic mass is 9.80. The number of nitrogens with one attached hydrogen (secondary N) is 1. The summed E-state index contributed by atoms with van der Waals surface area (Å²) in [5.74, 6) is 3.60. The van der Waals surface area contributed by atoms with E-state index in [1.54, 1.807) is 0 Å². The third kappa shape index (κ3) is 2.91. The zero-order valence-electron chi connectivity index (χ0n) is 15.5. The van der Waals surface area contributed by atoms with Crippen LogP contribution in [0.2, 0.25) is 0 Å². The van der Waals surface area contributed by atoms with Gasteiger partial charge in [0, 0.05) is 34.7 Å². The minimum atomic E-state index is 0.232. The predicted molar refractivity (Wildman–Crippen MR) is 114 cm³/mol. The van der Waals surface area contributed by atoms with Gasteiger partial charge in [0.15, 0.2) is 17.4 Å². The molecule has 1 aliphatic heterocycles. The topological polar surface area (TPSA) is 4.44 Å². The lowest BCUT2D eigenvalue weighted by Gasteiger charge is -2.29. The van der Waals surface area contributed by atoms with Crippen molar-refractivity contribution in [2.75, 3.05) is 0 Å². The van der Waals surface area contributed by atoms with Crippen molar-refractivity contribution in [3.63, 3.8) is 0 Å². The minimum Gasteiger partial charge on any atom is -0.193 e. The summed E-state index contributed by atoms with van der Waals surface area (Å²) in [7, 11) is 0. The molecular formula is C27H20N+. The number of rotatable bonds is 1. The van der Waals surface area contributed by atoms with E-state index in [-0.39, 0.29) is 5.92 Å². The van der Waals surface area contributed by atoms with Gasteiger partial charge in [0.05, 0.1) is 0 Å². The molecule has 132 valence electrons. The fourth-order valence-electron chi connectivity index (χ4n) is 4.06. The molecule has 0 saturated heterocycles. The van der Waals surface area contributed by atoms with Crippen molar-refractivity contribution < 1.29 is 4.90 Å². The highest BCUT2D eigenvalue weighted by Gasteiger charge is 2.34. The maximum absolute atomic E-state index is 3.49. The predicted octanol–water partition coefficient (Wildman–Crippen LogP) is 5.04. The Morgan fingerprint density at radius 3 is 1.64 bits per heavy atom. The molecule has 0 amide bonds. The molecule has 1 heterocycles. The Balaban J connectivity index is 1.71. The van der Waals surface area contributed by atoms with E-state index < -0.39 is 0 Å². The highest BCUT2D eigenvalue weighted by molar-refractivity contribution is 5.63. The van der Waals surface area contributed by atoms with Gasteiger partial charge in [-0.1, -0.05) is 84.9 Å². The second kappa shape index (κ2) is 7.19. The summed E-state index contributed by atoms with van der Waals surface area (Å²) in [4.78, 5) is 1.11. The Hall–Kier alpha value is -3.60. The number of hydrogen-bond acceptors (Lipinski definition) is 0. The molecule has 1 N–H and O–H groups in total. The molecular weight excluding hydrogens is 338 g/mol. The summed E-state index contributed by atoms with van der Waals surface area (Å²) < 4.78 is 0. The van der Waals surface area contributed by atoms with Crippen LogP contribution < -0.4 is 4.90 Å². The molecule has 0 saturated carbocycles. The average Bonchev–Trinajstić information content (AvgIpc) is 2.78. The van der Waals surface area contributed by atoms with Crippen LogP contribution in [0.15, 0.2) is 109 Å². The SMILES string of the molecule is C(#C[NH+]1c2ccccc2C(c2ccccc2)c2ccccc21)c1ccccc1. The van der Waals surface area contributed by atoms with Gasteiger partial charge < -0.3 is 0 Å². The van der Waals surface area contributed by atoms with Crippen molar-refractivity contribution in [2.24, 2.45) is 0 Å². The monoisotopic (exact) mass is 358 g/mol. The maximum atomic E-state index is 3.49. The maximum Gasteiger partial charge on any atom is 0.153 e. The second-order valence-corrected chi connectivity index (χ2v) is 7.01. The van der Waals surface area contributed by atoms with Crippen LogP contribution in [0.3, 0.4) is 0 Å². The zero-order valence-corrected chi connectivity index (χ0v) is 15.5. The average molecular weight is 358 g/mol. The van der Waals surface area contributed by atoms with E-state index in [2.05, 4.69) is 103 Å². The Bertz CT molecular complexity index is 1120. The highest BCUT2D eigenvalue weighted by Crippen LogP contribution is 2.40. The third-order valence-corrected chi connectivity index (χ3v) is 5.32. The van der Waals surface area contributed by atoms with Crippen molar-refractivity contribution in [2.45, 2.75) is 5.92 Å². The molecule has 0 fully saturated rings. The Morgan fingerprint density at radius 1 is 0.536 bits per heavy atom. The normalized spacial score (nSPS) is 17.0. The molecule has 0 bridgehead atoms. The van der Waals surface area contributed by atoms with Crippen molar-refractivity contribution in [3.05, 3.63) is 131 Å². The molecule has 5 rings (SSSR count). The fourth-order valence-corrected chi connectivity index (χ4v) is 4.06. The summed E-state index contributed by atoms with van der Waals surface area (Å²) in [6.45, 7) is 0. The van der Waals surface area contributed by atoms with Gasteiger partial charge in [-0.05, 0) is 23.6 Å². The molecule has 1 nitrogen and oxygen atoms in total. The van der Waals surface area contributed by atoms with Gasteiger partial charge in [0.2, 0.25) is 0 Å².